The Labute approximate surface area is 112 Å². The minimum atomic E-state index is -0.544. The molecular formula is C13H19N3O3. The maximum Gasteiger partial charge on any atom is 0.260 e. The molecule has 6 heteroatoms. The van der Waals surface area contributed by atoms with Gasteiger partial charge in [-0.15, -0.1) is 0 Å². The molecule has 0 aliphatic carbocycles. The third-order valence-corrected chi connectivity index (χ3v) is 2.62. The smallest absolute Gasteiger partial charge is 0.260 e. The number of hydrogen-bond donors (Lipinski definition) is 2. The predicted octanol–water partition coefficient (Wildman–Crippen LogP) is -0.142. The summed E-state index contributed by atoms with van der Waals surface area (Å²) in [6, 6.07) is 7.24. The van der Waals surface area contributed by atoms with Gasteiger partial charge in [0, 0.05) is 18.7 Å². The molecule has 0 unspecified atom stereocenters. The average Bonchev–Trinajstić information content (AvgIpc) is 2.42. The van der Waals surface area contributed by atoms with Crippen molar-refractivity contribution in [3.63, 3.8) is 0 Å². The fourth-order valence-electron chi connectivity index (χ4n) is 1.61. The maximum absolute atomic E-state index is 11.8. The van der Waals surface area contributed by atoms with Gasteiger partial charge in [0.15, 0.2) is 6.61 Å². The van der Waals surface area contributed by atoms with Gasteiger partial charge >= 0.3 is 0 Å². The first kappa shape index (κ1) is 15.0. The van der Waals surface area contributed by atoms with E-state index < -0.39 is 5.91 Å². The molecule has 1 aromatic rings. The molecule has 19 heavy (non-hydrogen) atoms. The van der Waals surface area contributed by atoms with Crippen molar-refractivity contribution >= 4 is 11.8 Å². The van der Waals surface area contributed by atoms with Crippen LogP contribution in [0.3, 0.4) is 0 Å². The van der Waals surface area contributed by atoms with Crippen LogP contribution in [0.15, 0.2) is 24.3 Å². The zero-order chi connectivity index (χ0) is 14.3. The number of rotatable bonds is 7. The van der Waals surface area contributed by atoms with E-state index in [9.17, 15) is 9.59 Å². The van der Waals surface area contributed by atoms with E-state index in [1.54, 1.807) is 19.1 Å². The second-order valence-electron chi connectivity index (χ2n) is 3.97. The fourth-order valence-corrected chi connectivity index (χ4v) is 1.61. The average molecular weight is 265 g/mol. The first-order valence-corrected chi connectivity index (χ1v) is 6.05. The highest BCUT2D eigenvalue weighted by Crippen LogP contribution is 2.16. The quantitative estimate of drug-likeness (QED) is 0.716. The topological polar surface area (TPSA) is 98.6 Å². The number of benzene rings is 1. The standard InChI is InChI=1S/C13H19N3O3/c1-2-16(8-12(15)17)13(18)9-19-11-6-4-3-5-10(11)7-14/h3-6H,2,7-9,14H2,1H3,(H2,15,17). The van der Waals surface area contributed by atoms with Crippen LogP contribution in [0.5, 0.6) is 5.75 Å². The van der Waals surface area contributed by atoms with Crippen LogP contribution in [0, 0.1) is 0 Å². The van der Waals surface area contributed by atoms with Crippen molar-refractivity contribution < 1.29 is 14.3 Å². The monoisotopic (exact) mass is 265 g/mol. The lowest BCUT2D eigenvalue weighted by Gasteiger charge is -2.19. The van der Waals surface area contributed by atoms with Gasteiger partial charge in [-0.1, -0.05) is 18.2 Å². The Kier molecular flexibility index (Phi) is 5.81. The van der Waals surface area contributed by atoms with Crippen molar-refractivity contribution in [1.29, 1.82) is 0 Å². The summed E-state index contributed by atoms with van der Waals surface area (Å²) in [5.74, 6) is -0.251. The summed E-state index contributed by atoms with van der Waals surface area (Å²) < 4.78 is 5.43. The van der Waals surface area contributed by atoms with Crippen molar-refractivity contribution in [1.82, 2.24) is 4.90 Å². The van der Waals surface area contributed by atoms with E-state index in [-0.39, 0.29) is 19.1 Å². The number of carbonyl (C=O) groups excluding carboxylic acids is 2. The zero-order valence-corrected chi connectivity index (χ0v) is 11.0. The van der Waals surface area contributed by atoms with Crippen molar-refractivity contribution in [3.8, 4) is 5.75 Å². The van der Waals surface area contributed by atoms with Crippen molar-refractivity contribution in [3.05, 3.63) is 29.8 Å². The van der Waals surface area contributed by atoms with Crippen LogP contribution in [-0.2, 0) is 16.1 Å². The van der Waals surface area contributed by atoms with E-state index in [0.717, 1.165) is 5.56 Å². The third-order valence-electron chi connectivity index (χ3n) is 2.62. The van der Waals surface area contributed by atoms with E-state index in [1.165, 1.54) is 4.90 Å². The Balaban J connectivity index is 2.60. The lowest BCUT2D eigenvalue weighted by Crippen LogP contribution is -2.40. The molecule has 0 saturated carbocycles. The molecular weight excluding hydrogens is 246 g/mol. The number of nitrogens with two attached hydrogens (primary N) is 2. The van der Waals surface area contributed by atoms with E-state index in [0.29, 0.717) is 18.8 Å². The van der Waals surface area contributed by atoms with Gasteiger partial charge in [-0.05, 0) is 13.0 Å². The van der Waals surface area contributed by atoms with Crippen LogP contribution in [0.25, 0.3) is 0 Å². The summed E-state index contributed by atoms with van der Waals surface area (Å²) in [5.41, 5.74) is 11.5. The number of ether oxygens (including phenoxy) is 1. The molecule has 0 aromatic heterocycles. The van der Waals surface area contributed by atoms with Crippen molar-refractivity contribution in [2.24, 2.45) is 11.5 Å². The number of amides is 2. The van der Waals surface area contributed by atoms with Crippen LogP contribution in [0.4, 0.5) is 0 Å². The Morgan fingerprint density at radius 3 is 2.58 bits per heavy atom. The second-order valence-corrected chi connectivity index (χ2v) is 3.97. The van der Waals surface area contributed by atoms with Gasteiger partial charge in [-0.25, -0.2) is 0 Å². The molecule has 0 saturated heterocycles. The molecule has 0 fully saturated rings. The van der Waals surface area contributed by atoms with Gasteiger partial charge in [0.25, 0.3) is 5.91 Å². The molecule has 0 radical (unpaired) electrons. The lowest BCUT2D eigenvalue weighted by atomic mass is 10.2. The molecule has 0 atom stereocenters. The van der Waals surface area contributed by atoms with Crippen molar-refractivity contribution in [2.45, 2.75) is 13.5 Å². The summed E-state index contributed by atoms with van der Waals surface area (Å²) in [5, 5.41) is 0. The molecule has 0 aliphatic heterocycles. The highest BCUT2D eigenvalue weighted by atomic mass is 16.5. The molecule has 104 valence electrons. The second kappa shape index (κ2) is 7.38. The zero-order valence-electron chi connectivity index (χ0n) is 11.0. The summed E-state index contributed by atoms with van der Waals surface area (Å²) in [6.07, 6.45) is 0. The number of para-hydroxylation sites is 1. The Morgan fingerprint density at radius 2 is 2.00 bits per heavy atom. The van der Waals surface area contributed by atoms with E-state index in [2.05, 4.69) is 0 Å². The minimum absolute atomic E-state index is 0.1000. The molecule has 0 bridgehead atoms. The number of hydrogen-bond acceptors (Lipinski definition) is 4. The predicted molar refractivity (Wildman–Crippen MR) is 71.3 cm³/mol. The van der Waals surface area contributed by atoms with E-state index >= 15 is 0 Å². The van der Waals surface area contributed by atoms with Crippen LogP contribution < -0.4 is 16.2 Å². The number of primary amides is 1. The van der Waals surface area contributed by atoms with Gasteiger partial charge < -0.3 is 21.1 Å². The third kappa shape index (κ3) is 4.59. The van der Waals surface area contributed by atoms with E-state index in [4.69, 9.17) is 16.2 Å². The first-order valence-electron chi connectivity index (χ1n) is 6.05. The summed E-state index contributed by atoms with van der Waals surface area (Å²) >= 11 is 0. The normalized spacial score (nSPS) is 10.0. The molecule has 0 aliphatic rings. The lowest BCUT2D eigenvalue weighted by molar-refractivity contribution is -0.136. The fraction of sp³-hybridized carbons (Fsp3) is 0.385. The highest BCUT2D eigenvalue weighted by molar-refractivity contribution is 5.84. The highest BCUT2D eigenvalue weighted by Gasteiger charge is 2.14. The van der Waals surface area contributed by atoms with Crippen LogP contribution in [0.2, 0.25) is 0 Å². The molecule has 0 heterocycles. The Morgan fingerprint density at radius 1 is 1.32 bits per heavy atom. The summed E-state index contributed by atoms with van der Waals surface area (Å²) in [7, 11) is 0. The summed E-state index contributed by atoms with van der Waals surface area (Å²) in [4.78, 5) is 24.0. The first-order chi connectivity index (χ1) is 9.08. The molecule has 0 spiro atoms. The van der Waals surface area contributed by atoms with Gasteiger partial charge in [0.2, 0.25) is 5.91 Å². The minimum Gasteiger partial charge on any atom is -0.483 e. The molecule has 1 aromatic carbocycles. The van der Waals surface area contributed by atoms with Crippen LogP contribution in [-0.4, -0.2) is 36.4 Å². The van der Waals surface area contributed by atoms with Gasteiger partial charge in [0.05, 0.1) is 6.54 Å². The van der Waals surface area contributed by atoms with Crippen LogP contribution >= 0.6 is 0 Å². The number of likely N-dealkylation sites (N-methyl/N-ethyl adjacent to an activating group) is 1. The van der Waals surface area contributed by atoms with Crippen LogP contribution in [0.1, 0.15) is 12.5 Å². The number of carbonyl (C=O) groups is 2. The molecule has 1 rings (SSSR count). The molecule has 4 N–H and O–H groups in total. The summed E-state index contributed by atoms with van der Waals surface area (Å²) in [6.45, 7) is 2.27. The van der Waals surface area contributed by atoms with Gasteiger partial charge in [0.1, 0.15) is 5.75 Å². The van der Waals surface area contributed by atoms with E-state index in [1.807, 2.05) is 12.1 Å². The van der Waals surface area contributed by atoms with Gasteiger partial charge in [-0.3, -0.25) is 9.59 Å². The molecule has 6 nitrogen and oxygen atoms in total. The Bertz CT molecular complexity index is 449. The van der Waals surface area contributed by atoms with Gasteiger partial charge in [-0.2, -0.15) is 0 Å². The maximum atomic E-state index is 11.8. The van der Waals surface area contributed by atoms with Crippen molar-refractivity contribution in [2.75, 3.05) is 19.7 Å². The SMILES string of the molecule is CCN(CC(N)=O)C(=O)COc1ccccc1CN. The molecule has 2 amide bonds. The Hall–Kier alpha value is -2.08. The number of nitrogens with zero attached hydrogens (tertiary/aromatic N) is 1. The largest absolute Gasteiger partial charge is 0.483 e.